The highest BCUT2D eigenvalue weighted by Gasteiger charge is 2.27. The lowest BCUT2D eigenvalue weighted by Gasteiger charge is -2.15. The quantitative estimate of drug-likeness (QED) is 0.543. The first kappa shape index (κ1) is 11.2. The van der Waals surface area contributed by atoms with Crippen LogP contribution in [0.5, 0.6) is 0 Å². The average molecular weight is 237 g/mol. The van der Waals surface area contributed by atoms with Crippen LogP contribution in [-0.4, -0.2) is 45.5 Å². The molecule has 90 valence electrons. The third-order valence-electron chi connectivity index (χ3n) is 2.52. The summed E-state index contributed by atoms with van der Waals surface area (Å²) < 4.78 is 0. The smallest absolute Gasteiger partial charge is 0.305 e. The van der Waals surface area contributed by atoms with Crippen LogP contribution < -0.4 is 4.90 Å². The summed E-state index contributed by atoms with van der Waals surface area (Å²) in [7, 11) is 0. The van der Waals surface area contributed by atoms with E-state index in [0.717, 1.165) is 12.4 Å². The molecule has 0 saturated carbocycles. The summed E-state index contributed by atoms with van der Waals surface area (Å²) in [6.07, 6.45) is 2.28. The summed E-state index contributed by atoms with van der Waals surface area (Å²) in [6, 6.07) is 0. The summed E-state index contributed by atoms with van der Waals surface area (Å²) >= 11 is 0. The molecule has 0 radical (unpaired) electrons. The summed E-state index contributed by atoms with van der Waals surface area (Å²) in [6.45, 7) is 3.15. The Morgan fingerprint density at radius 1 is 1.47 bits per heavy atom. The van der Waals surface area contributed by atoms with Gasteiger partial charge in [0.25, 0.3) is 0 Å². The van der Waals surface area contributed by atoms with Crippen LogP contribution in [0.15, 0.2) is 12.4 Å². The third-order valence-corrected chi connectivity index (χ3v) is 2.52. The maximum Gasteiger partial charge on any atom is 0.305 e. The second kappa shape index (κ2) is 4.32. The number of amides is 1. The maximum atomic E-state index is 11.5. The molecular weight excluding hydrogens is 226 g/mol. The number of anilines is 1. The number of hydrogen-bond donors (Lipinski definition) is 0. The van der Waals surface area contributed by atoms with Crippen LogP contribution in [0.3, 0.4) is 0 Å². The first-order chi connectivity index (χ1) is 8.11. The van der Waals surface area contributed by atoms with Gasteiger partial charge >= 0.3 is 5.69 Å². The van der Waals surface area contributed by atoms with Crippen molar-refractivity contribution in [2.75, 3.05) is 24.7 Å². The van der Waals surface area contributed by atoms with Crippen LogP contribution in [0, 0.1) is 10.1 Å². The second-order valence-electron chi connectivity index (χ2n) is 3.59. The monoisotopic (exact) mass is 237 g/mol. The molecule has 0 spiro atoms. The number of rotatable bonds is 3. The minimum absolute atomic E-state index is 0.00875. The Kier molecular flexibility index (Phi) is 2.86. The first-order valence-corrected chi connectivity index (χ1v) is 5.11. The minimum atomic E-state index is -0.558. The second-order valence-corrected chi connectivity index (χ2v) is 3.59. The van der Waals surface area contributed by atoms with Gasteiger partial charge in [-0.2, -0.15) is 0 Å². The van der Waals surface area contributed by atoms with Crippen molar-refractivity contribution in [3.05, 3.63) is 22.5 Å². The molecule has 8 nitrogen and oxygen atoms in total. The molecule has 17 heavy (non-hydrogen) atoms. The van der Waals surface area contributed by atoms with Crippen molar-refractivity contribution in [2.45, 2.75) is 6.92 Å². The first-order valence-electron chi connectivity index (χ1n) is 5.11. The zero-order chi connectivity index (χ0) is 12.4. The lowest BCUT2D eigenvalue weighted by atomic mass is 10.5. The Bertz CT molecular complexity index is 446. The molecule has 0 bridgehead atoms. The van der Waals surface area contributed by atoms with Crippen molar-refractivity contribution in [1.29, 1.82) is 0 Å². The lowest BCUT2D eigenvalue weighted by Crippen LogP contribution is -2.27. The zero-order valence-electron chi connectivity index (χ0n) is 9.24. The van der Waals surface area contributed by atoms with E-state index in [2.05, 4.69) is 9.97 Å². The number of hydrogen-bond acceptors (Lipinski definition) is 6. The minimum Gasteiger partial charge on any atom is -0.324 e. The van der Waals surface area contributed by atoms with Gasteiger partial charge in [-0.05, 0) is 6.92 Å². The molecule has 1 aliphatic heterocycles. The lowest BCUT2D eigenvalue weighted by molar-refractivity contribution is -0.385. The molecule has 1 aromatic rings. The number of likely N-dealkylation sites (N-methyl/N-ethyl adjacent to an activating group) is 1. The van der Waals surface area contributed by atoms with Gasteiger partial charge in [0.05, 0.1) is 11.6 Å². The van der Waals surface area contributed by atoms with Gasteiger partial charge in [0.1, 0.15) is 18.9 Å². The molecule has 2 heterocycles. The average Bonchev–Trinajstić information content (AvgIpc) is 2.70. The van der Waals surface area contributed by atoms with Gasteiger partial charge in [-0.1, -0.05) is 0 Å². The van der Waals surface area contributed by atoms with Crippen molar-refractivity contribution in [1.82, 2.24) is 14.9 Å². The van der Waals surface area contributed by atoms with Crippen LogP contribution in [0.25, 0.3) is 0 Å². The molecule has 1 aromatic heterocycles. The van der Waals surface area contributed by atoms with Gasteiger partial charge in [-0.3, -0.25) is 14.9 Å². The van der Waals surface area contributed by atoms with Crippen LogP contribution in [-0.2, 0) is 4.79 Å². The van der Waals surface area contributed by atoms with Crippen LogP contribution >= 0.6 is 0 Å². The predicted octanol–water partition coefficient (Wildman–Crippen LogP) is 0.0108. The standard InChI is InChI=1S/C9H11N5O3/c1-2-12-6-13(5-8(12)15)9-10-3-7(4-11-9)14(16)17/h3-4H,2,5-6H2,1H3. The van der Waals surface area contributed by atoms with E-state index < -0.39 is 4.92 Å². The van der Waals surface area contributed by atoms with Gasteiger partial charge in [-0.15, -0.1) is 0 Å². The van der Waals surface area contributed by atoms with E-state index >= 15 is 0 Å². The number of carbonyl (C=O) groups excluding carboxylic acids is 1. The van der Waals surface area contributed by atoms with Crippen LogP contribution in [0.4, 0.5) is 11.6 Å². The largest absolute Gasteiger partial charge is 0.324 e. The van der Waals surface area contributed by atoms with E-state index in [1.54, 1.807) is 9.80 Å². The predicted molar refractivity (Wildman–Crippen MR) is 58.3 cm³/mol. The fourth-order valence-corrected chi connectivity index (χ4v) is 1.58. The van der Waals surface area contributed by atoms with E-state index in [1.807, 2.05) is 6.92 Å². The van der Waals surface area contributed by atoms with Crippen molar-refractivity contribution < 1.29 is 9.72 Å². The molecule has 0 aromatic carbocycles. The van der Waals surface area contributed by atoms with E-state index in [-0.39, 0.29) is 18.1 Å². The van der Waals surface area contributed by atoms with Crippen LogP contribution in [0.2, 0.25) is 0 Å². The Hall–Kier alpha value is -2.25. The molecule has 2 rings (SSSR count). The summed E-state index contributed by atoms with van der Waals surface area (Å²) in [4.78, 5) is 32.5. The molecule has 1 fully saturated rings. The Morgan fingerprint density at radius 3 is 2.59 bits per heavy atom. The topological polar surface area (TPSA) is 92.5 Å². The Balaban J connectivity index is 2.14. The van der Waals surface area contributed by atoms with Crippen LogP contribution in [0.1, 0.15) is 6.92 Å². The number of nitrogens with zero attached hydrogens (tertiary/aromatic N) is 5. The van der Waals surface area contributed by atoms with Crippen molar-refractivity contribution >= 4 is 17.5 Å². The molecule has 0 atom stereocenters. The summed E-state index contributed by atoms with van der Waals surface area (Å²) in [5.41, 5.74) is -0.161. The van der Waals surface area contributed by atoms with E-state index in [0.29, 0.717) is 19.2 Å². The zero-order valence-corrected chi connectivity index (χ0v) is 9.24. The number of carbonyl (C=O) groups is 1. The fourth-order valence-electron chi connectivity index (χ4n) is 1.58. The molecule has 1 aliphatic rings. The molecule has 0 unspecified atom stereocenters. The van der Waals surface area contributed by atoms with Gasteiger partial charge in [0, 0.05) is 6.54 Å². The number of aromatic nitrogens is 2. The van der Waals surface area contributed by atoms with Crippen molar-refractivity contribution in [2.24, 2.45) is 0 Å². The van der Waals surface area contributed by atoms with Gasteiger partial charge < -0.3 is 9.80 Å². The van der Waals surface area contributed by atoms with Crippen molar-refractivity contribution in [3.63, 3.8) is 0 Å². The maximum absolute atomic E-state index is 11.5. The fraction of sp³-hybridized carbons (Fsp3) is 0.444. The van der Waals surface area contributed by atoms with Crippen molar-refractivity contribution in [3.8, 4) is 0 Å². The summed E-state index contributed by atoms with van der Waals surface area (Å²) in [5, 5.41) is 10.4. The normalized spacial score (nSPS) is 15.5. The van der Waals surface area contributed by atoms with E-state index in [1.165, 1.54) is 0 Å². The van der Waals surface area contributed by atoms with E-state index in [4.69, 9.17) is 0 Å². The van der Waals surface area contributed by atoms with E-state index in [9.17, 15) is 14.9 Å². The Labute approximate surface area is 97.0 Å². The molecule has 0 aliphatic carbocycles. The molecule has 0 N–H and O–H groups in total. The van der Waals surface area contributed by atoms with Gasteiger partial charge in [0.2, 0.25) is 11.9 Å². The highest BCUT2D eigenvalue weighted by atomic mass is 16.6. The molecule has 1 saturated heterocycles. The highest BCUT2D eigenvalue weighted by molar-refractivity contribution is 5.84. The SMILES string of the molecule is CCN1CN(c2ncc([N+](=O)[O-])cn2)CC1=O. The molecule has 1 amide bonds. The highest BCUT2D eigenvalue weighted by Crippen LogP contribution is 2.15. The summed E-state index contributed by atoms with van der Waals surface area (Å²) in [5.74, 6) is 0.342. The molecule has 8 heteroatoms. The Morgan fingerprint density at radius 2 is 2.12 bits per heavy atom. The molecular formula is C9H11N5O3. The number of nitro groups is 1. The third kappa shape index (κ3) is 2.14. The van der Waals surface area contributed by atoms with Gasteiger partial charge in [-0.25, -0.2) is 9.97 Å². The van der Waals surface area contributed by atoms with Gasteiger partial charge in [0.15, 0.2) is 0 Å².